The van der Waals surface area contributed by atoms with E-state index in [2.05, 4.69) is 9.47 Å². The second-order valence-electron chi connectivity index (χ2n) is 2.98. The van der Waals surface area contributed by atoms with E-state index in [4.69, 9.17) is 0 Å². The van der Waals surface area contributed by atoms with E-state index in [0.717, 1.165) is 0 Å². The van der Waals surface area contributed by atoms with Gasteiger partial charge in [-0.05, 0) is 0 Å². The molecule has 0 saturated carbocycles. The lowest BCUT2D eigenvalue weighted by molar-refractivity contribution is -0.144. The van der Waals surface area contributed by atoms with Gasteiger partial charge in [0.05, 0.1) is 25.9 Å². The number of thioether (sulfide) groups is 1. The Morgan fingerprint density at radius 3 is 2.38 bits per heavy atom. The lowest BCUT2D eigenvalue weighted by Gasteiger charge is -2.08. The summed E-state index contributed by atoms with van der Waals surface area (Å²) in [5, 5.41) is 2.01. The fraction of sp³-hybridized carbons (Fsp3) is 0.667. The van der Waals surface area contributed by atoms with Crippen molar-refractivity contribution in [3.8, 4) is 0 Å². The Morgan fingerprint density at radius 1 is 1.25 bits per heavy atom. The minimum absolute atomic E-state index is 0.0937. The summed E-state index contributed by atoms with van der Waals surface area (Å²) in [7, 11) is 2.49. The Kier molecular flexibility index (Phi) is 7.36. The van der Waals surface area contributed by atoms with Gasteiger partial charge >= 0.3 is 12.1 Å². The van der Waals surface area contributed by atoms with Crippen molar-refractivity contribution in [1.82, 2.24) is 5.32 Å². The summed E-state index contributed by atoms with van der Waals surface area (Å²) in [6.45, 7) is 1.71. The van der Waals surface area contributed by atoms with Gasteiger partial charge in [0.25, 0.3) is 0 Å². The standard InChI is InChI=1S/C9H15NO5S/c1-6(8(12)14-2)4-16-5-7(11)10-9(13)15-3/h6H,4-5H2,1-3H3,(H,10,11,13). The maximum absolute atomic E-state index is 11.1. The highest BCUT2D eigenvalue weighted by Crippen LogP contribution is 2.09. The maximum Gasteiger partial charge on any atom is 0.413 e. The van der Waals surface area contributed by atoms with Gasteiger partial charge in [0, 0.05) is 5.75 Å². The molecule has 7 heteroatoms. The minimum atomic E-state index is -0.786. The average molecular weight is 249 g/mol. The molecule has 0 aliphatic carbocycles. The van der Waals surface area contributed by atoms with Gasteiger partial charge in [-0.2, -0.15) is 11.8 Å². The van der Waals surface area contributed by atoms with E-state index in [1.807, 2.05) is 5.32 Å². The molecule has 0 radical (unpaired) electrons. The summed E-state index contributed by atoms with van der Waals surface area (Å²) in [5.74, 6) is -0.492. The highest BCUT2D eigenvalue weighted by molar-refractivity contribution is 7.99. The fourth-order valence-electron chi connectivity index (χ4n) is 0.799. The fourth-order valence-corrected chi connectivity index (χ4v) is 1.66. The molecule has 0 fully saturated rings. The van der Waals surface area contributed by atoms with Crippen LogP contribution in [0.2, 0.25) is 0 Å². The first-order chi connectivity index (χ1) is 7.51. The molecule has 1 atom stereocenters. The van der Waals surface area contributed by atoms with Crippen molar-refractivity contribution in [1.29, 1.82) is 0 Å². The zero-order chi connectivity index (χ0) is 12.6. The number of carbonyl (C=O) groups excluding carboxylic acids is 3. The number of ether oxygens (including phenoxy) is 2. The smallest absolute Gasteiger partial charge is 0.413 e. The van der Waals surface area contributed by atoms with Crippen LogP contribution in [0.15, 0.2) is 0 Å². The first kappa shape index (κ1) is 14.8. The maximum atomic E-state index is 11.1. The number of hydrogen-bond donors (Lipinski definition) is 1. The molecule has 0 heterocycles. The van der Waals surface area contributed by atoms with Crippen molar-refractivity contribution in [2.75, 3.05) is 25.7 Å². The SMILES string of the molecule is COC(=O)NC(=O)CSCC(C)C(=O)OC. The lowest BCUT2D eigenvalue weighted by atomic mass is 10.2. The molecule has 0 spiro atoms. The first-order valence-corrected chi connectivity index (χ1v) is 5.70. The van der Waals surface area contributed by atoms with Crippen LogP contribution >= 0.6 is 11.8 Å². The van der Waals surface area contributed by atoms with Gasteiger partial charge < -0.3 is 9.47 Å². The van der Waals surface area contributed by atoms with Crippen LogP contribution in [-0.2, 0) is 19.1 Å². The topological polar surface area (TPSA) is 81.7 Å². The Hall–Kier alpha value is -1.24. The molecule has 16 heavy (non-hydrogen) atoms. The van der Waals surface area contributed by atoms with Gasteiger partial charge in [-0.15, -0.1) is 0 Å². The van der Waals surface area contributed by atoms with Crippen molar-refractivity contribution in [2.24, 2.45) is 5.92 Å². The van der Waals surface area contributed by atoms with Crippen molar-refractivity contribution in [3.63, 3.8) is 0 Å². The van der Waals surface area contributed by atoms with Gasteiger partial charge in [0.2, 0.25) is 5.91 Å². The zero-order valence-corrected chi connectivity index (χ0v) is 10.3. The van der Waals surface area contributed by atoms with Gasteiger partial charge in [-0.25, -0.2) is 4.79 Å². The van der Waals surface area contributed by atoms with E-state index >= 15 is 0 Å². The number of carbonyl (C=O) groups is 3. The van der Waals surface area contributed by atoms with Crippen LogP contribution in [0.3, 0.4) is 0 Å². The third-order valence-corrected chi connectivity index (χ3v) is 2.83. The molecule has 1 unspecified atom stereocenters. The lowest BCUT2D eigenvalue weighted by Crippen LogP contribution is -2.31. The molecule has 0 aliphatic heterocycles. The Bertz CT molecular complexity index is 269. The number of esters is 1. The van der Waals surface area contributed by atoms with Crippen LogP contribution in [0.5, 0.6) is 0 Å². The van der Waals surface area contributed by atoms with Crippen LogP contribution in [-0.4, -0.2) is 43.7 Å². The second kappa shape index (κ2) is 7.98. The Balaban J connectivity index is 3.69. The average Bonchev–Trinajstić information content (AvgIpc) is 2.27. The van der Waals surface area contributed by atoms with E-state index in [-0.39, 0.29) is 17.6 Å². The summed E-state index contributed by atoms with van der Waals surface area (Å²) in [6.07, 6.45) is -0.786. The van der Waals surface area contributed by atoms with Gasteiger partial charge in [0.1, 0.15) is 0 Å². The van der Waals surface area contributed by atoms with E-state index in [0.29, 0.717) is 5.75 Å². The molecule has 0 aromatic heterocycles. The summed E-state index contributed by atoms with van der Waals surface area (Å²) >= 11 is 1.24. The molecule has 1 N–H and O–H groups in total. The third kappa shape index (κ3) is 6.28. The molecule has 0 bridgehead atoms. The van der Waals surface area contributed by atoms with Crippen LogP contribution in [0, 0.1) is 5.92 Å². The monoisotopic (exact) mass is 249 g/mol. The number of imide groups is 1. The van der Waals surface area contributed by atoms with Crippen LogP contribution in [0.1, 0.15) is 6.92 Å². The molecule has 2 amide bonds. The van der Waals surface area contributed by atoms with Gasteiger partial charge in [-0.3, -0.25) is 14.9 Å². The molecule has 0 saturated heterocycles. The summed E-state index contributed by atoms with van der Waals surface area (Å²) in [4.78, 5) is 32.7. The number of hydrogen-bond acceptors (Lipinski definition) is 6. The Labute approximate surface area is 98.0 Å². The minimum Gasteiger partial charge on any atom is -0.469 e. The first-order valence-electron chi connectivity index (χ1n) is 4.54. The van der Waals surface area contributed by atoms with E-state index in [9.17, 15) is 14.4 Å². The number of methoxy groups -OCH3 is 2. The molecule has 6 nitrogen and oxygen atoms in total. The third-order valence-electron chi connectivity index (χ3n) is 1.63. The summed E-state index contributed by atoms with van der Waals surface area (Å²) in [5.41, 5.74) is 0. The summed E-state index contributed by atoms with van der Waals surface area (Å²) < 4.78 is 8.77. The van der Waals surface area contributed by atoms with Crippen molar-refractivity contribution < 1.29 is 23.9 Å². The molecule has 0 aromatic rings. The normalized spacial score (nSPS) is 11.4. The molecule has 0 rings (SSSR count). The predicted molar refractivity (Wildman–Crippen MR) is 59.1 cm³/mol. The highest BCUT2D eigenvalue weighted by atomic mass is 32.2. The van der Waals surface area contributed by atoms with E-state index < -0.39 is 12.0 Å². The molecule has 0 aliphatic rings. The number of alkyl carbamates (subject to hydrolysis) is 1. The van der Waals surface area contributed by atoms with Gasteiger partial charge in [0.15, 0.2) is 0 Å². The largest absolute Gasteiger partial charge is 0.469 e. The number of amides is 2. The molecule has 92 valence electrons. The highest BCUT2D eigenvalue weighted by Gasteiger charge is 2.14. The van der Waals surface area contributed by atoms with Crippen LogP contribution in [0.4, 0.5) is 4.79 Å². The number of rotatable bonds is 5. The van der Waals surface area contributed by atoms with Crippen molar-refractivity contribution >= 4 is 29.7 Å². The van der Waals surface area contributed by atoms with E-state index in [1.54, 1.807) is 6.92 Å². The van der Waals surface area contributed by atoms with Crippen LogP contribution < -0.4 is 5.32 Å². The van der Waals surface area contributed by atoms with Crippen molar-refractivity contribution in [3.05, 3.63) is 0 Å². The predicted octanol–water partition coefficient (Wildman–Crippen LogP) is 0.411. The van der Waals surface area contributed by atoms with Crippen molar-refractivity contribution in [2.45, 2.75) is 6.92 Å². The molecule has 0 aromatic carbocycles. The number of nitrogens with one attached hydrogen (secondary N) is 1. The Morgan fingerprint density at radius 2 is 1.88 bits per heavy atom. The molecular weight excluding hydrogens is 234 g/mol. The summed E-state index contributed by atoms with van der Waals surface area (Å²) in [6, 6.07) is 0. The quantitative estimate of drug-likeness (QED) is 0.711. The second-order valence-corrected chi connectivity index (χ2v) is 4.01. The molecular formula is C9H15NO5S. The van der Waals surface area contributed by atoms with Crippen LogP contribution in [0.25, 0.3) is 0 Å². The zero-order valence-electron chi connectivity index (χ0n) is 9.44. The van der Waals surface area contributed by atoms with Gasteiger partial charge in [-0.1, -0.05) is 6.92 Å². The van der Waals surface area contributed by atoms with E-state index in [1.165, 1.54) is 26.0 Å².